The van der Waals surface area contributed by atoms with E-state index < -0.39 is 38.4 Å². The van der Waals surface area contributed by atoms with E-state index in [1.807, 2.05) is 4.72 Å². The minimum atomic E-state index is -4.61. The van der Waals surface area contributed by atoms with Gasteiger partial charge in [-0.3, -0.25) is 4.68 Å². The Morgan fingerprint density at radius 1 is 1.19 bits per heavy atom. The number of alkyl halides is 3. The van der Waals surface area contributed by atoms with Crippen molar-refractivity contribution in [3.05, 3.63) is 47.3 Å². The molecule has 1 fully saturated rings. The third-order valence-corrected chi connectivity index (χ3v) is 5.41. The van der Waals surface area contributed by atoms with Crippen molar-refractivity contribution in [3.63, 3.8) is 0 Å². The van der Waals surface area contributed by atoms with Gasteiger partial charge in [0.25, 0.3) is 0 Å². The van der Waals surface area contributed by atoms with Crippen molar-refractivity contribution in [2.75, 3.05) is 6.54 Å². The normalized spacial score (nSPS) is 15.4. The van der Waals surface area contributed by atoms with Gasteiger partial charge in [-0.15, -0.1) is 0 Å². The molecule has 1 N–H and O–H groups in total. The molecule has 142 valence electrons. The molecule has 2 aromatic rings. The maximum atomic E-state index is 13.6. The number of hydrogen-bond acceptors (Lipinski definition) is 3. The Balaban J connectivity index is 1.75. The first-order valence-corrected chi connectivity index (χ1v) is 9.16. The zero-order valence-corrected chi connectivity index (χ0v) is 14.0. The quantitative estimate of drug-likeness (QED) is 0.765. The number of sulfonamides is 1. The van der Waals surface area contributed by atoms with Crippen molar-refractivity contribution < 1.29 is 30.4 Å². The summed E-state index contributed by atoms with van der Waals surface area (Å²) < 4.78 is 92.9. The summed E-state index contributed by atoms with van der Waals surface area (Å²) in [6.45, 7) is -0.563. The zero-order valence-electron chi connectivity index (χ0n) is 13.2. The molecular weight excluding hydrogens is 381 g/mol. The number of rotatable bonds is 6. The maximum absolute atomic E-state index is 13.6. The van der Waals surface area contributed by atoms with Crippen LogP contribution in [-0.2, 0) is 22.7 Å². The van der Waals surface area contributed by atoms with Gasteiger partial charge >= 0.3 is 6.18 Å². The van der Waals surface area contributed by atoms with Gasteiger partial charge in [-0.05, 0) is 31.0 Å². The summed E-state index contributed by atoms with van der Waals surface area (Å²) in [7, 11) is -4.49. The molecule has 5 nitrogen and oxygen atoms in total. The van der Waals surface area contributed by atoms with E-state index in [0.29, 0.717) is 5.69 Å². The van der Waals surface area contributed by atoms with Crippen molar-refractivity contribution >= 4 is 10.0 Å². The Morgan fingerprint density at radius 3 is 2.35 bits per heavy atom. The van der Waals surface area contributed by atoms with Crippen LogP contribution in [0.2, 0.25) is 0 Å². The number of aromatic nitrogens is 2. The van der Waals surface area contributed by atoms with E-state index in [0.717, 1.165) is 41.8 Å². The number of hydrogen-bond donors (Lipinski definition) is 1. The molecule has 1 aliphatic carbocycles. The Hall–Kier alpha value is -2.01. The van der Waals surface area contributed by atoms with Gasteiger partial charge in [0.05, 0.1) is 6.54 Å². The maximum Gasteiger partial charge on any atom is 0.435 e. The lowest BCUT2D eigenvalue weighted by molar-refractivity contribution is -0.141. The first-order chi connectivity index (χ1) is 12.1. The molecule has 11 heteroatoms. The van der Waals surface area contributed by atoms with Crippen molar-refractivity contribution in [1.29, 1.82) is 0 Å². The second-order valence-electron chi connectivity index (χ2n) is 5.90. The van der Waals surface area contributed by atoms with Gasteiger partial charge in [0.1, 0.15) is 11.6 Å². The molecular formula is C15H14F5N3O2S. The van der Waals surface area contributed by atoms with Crippen LogP contribution in [0, 0.1) is 11.6 Å². The number of halogens is 5. The predicted octanol–water partition coefficient (Wildman–Crippen LogP) is 3.04. The van der Waals surface area contributed by atoms with Crippen molar-refractivity contribution in [1.82, 2.24) is 14.5 Å². The molecule has 1 heterocycles. The minimum Gasteiger partial charge on any atom is -0.267 e. The summed E-state index contributed by atoms with van der Waals surface area (Å²) in [6.07, 6.45) is -3.14. The molecule has 0 unspecified atom stereocenters. The van der Waals surface area contributed by atoms with E-state index in [1.54, 1.807) is 0 Å². The Labute approximate surface area is 145 Å². The van der Waals surface area contributed by atoms with Gasteiger partial charge < -0.3 is 0 Å². The van der Waals surface area contributed by atoms with Crippen LogP contribution in [0.5, 0.6) is 0 Å². The topological polar surface area (TPSA) is 64.0 Å². The highest BCUT2D eigenvalue weighted by atomic mass is 32.2. The van der Waals surface area contributed by atoms with Crippen LogP contribution < -0.4 is 4.72 Å². The van der Waals surface area contributed by atoms with Gasteiger partial charge in [-0.2, -0.15) is 18.3 Å². The molecule has 0 radical (unpaired) electrons. The highest BCUT2D eigenvalue weighted by Gasteiger charge is 2.37. The van der Waals surface area contributed by atoms with Gasteiger partial charge in [-0.1, -0.05) is 6.07 Å². The molecule has 0 saturated heterocycles. The van der Waals surface area contributed by atoms with Crippen LogP contribution in [0.1, 0.15) is 30.1 Å². The standard InChI is InChI=1S/C15H14F5N3O2S/c16-10-2-1-3-11(17)14(10)26(24,25)21-6-7-23-12(9-4-5-9)8-13(22-23)15(18,19)20/h1-3,8-9,21H,4-7H2. The molecule has 0 bridgehead atoms. The average molecular weight is 395 g/mol. The van der Waals surface area contributed by atoms with Crippen LogP contribution in [-0.4, -0.2) is 24.7 Å². The lowest BCUT2D eigenvalue weighted by atomic mass is 10.2. The first-order valence-electron chi connectivity index (χ1n) is 7.68. The monoisotopic (exact) mass is 395 g/mol. The number of nitrogens with zero attached hydrogens (tertiary/aromatic N) is 2. The minimum absolute atomic E-state index is 0.0424. The lowest BCUT2D eigenvalue weighted by Crippen LogP contribution is -2.29. The summed E-state index contributed by atoms with van der Waals surface area (Å²) in [4.78, 5) is -1.13. The molecule has 0 spiro atoms. The first kappa shape index (κ1) is 18.8. The van der Waals surface area contributed by atoms with Crippen molar-refractivity contribution in [3.8, 4) is 0 Å². The van der Waals surface area contributed by atoms with Crippen molar-refractivity contribution in [2.45, 2.75) is 36.4 Å². The van der Waals surface area contributed by atoms with Crippen molar-refractivity contribution in [2.24, 2.45) is 0 Å². The summed E-state index contributed by atoms with van der Waals surface area (Å²) in [5.74, 6) is -2.55. The van der Waals surface area contributed by atoms with Gasteiger partial charge in [0, 0.05) is 18.2 Å². The molecule has 3 rings (SSSR count). The smallest absolute Gasteiger partial charge is 0.267 e. The largest absolute Gasteiger partial charge is 0.435 e. The van der Waals surface area contributed by atoms with E-state index in [2.05, 4.69) is 5.10 Å². The fraction of sp³-hybridized carbons (Fsp3) is 0.400. The summed E-state index contributed by atoms with van der Waals surface area (Å²) in [5, 5.41) is 3.48. The summed E-state index contributed by atoms with van der Waals surface area (Å²) >= 11 is 0. The Kier molecular flexibility index (Phi) is 4.78. The highest BCUT2D eigenvalue weighted by Crippen LogP contribution is 2.42. The number of benzene rings is 1. The SMILES string of the molecule is O=S(=O)(NCCn1nc(C(F)(F)F)cc1C1CC1)c1c(F)cccc1F. The second-order valence-corrected chi connectivity index (χ2v) is 7.60. The zero-order chi connectivity index (χ0) is 19.1. The van der Waals surface area contributed by atoms with Gasteiger partial charge in [0.15, 0.2) is 10.6 Å². The van der Waals surface area contributed by atoms with Crippen LogP contribution in [0.3, 0.4) is 0 Å². The molecule has 0 aliphatic heterocycles. The van der Waals surface area contributed by atoms with E-state index in [1.165, 1.54) is 0 Å². The molecule has 1 aromatic heterocycles. The fourth-order valence-electron chi connectivity index (χ4n) is 2.55. The van der Waals surface area contributed by atoms with Gasteiger partial charge in [0.2, 0.25) is 10.0 Å². The summed E-state index contributed by atoms with van der Waals surface area (Å²) in [6, 6.07) is 3.56. The van der Waals surface area contributed by atoms with E-state index in [4.69, 9.17) is 0 Å². The van der Waals surface area contributed by atoms with Crippen LogP contribution in [0.15, 0.2) is 29.2 Å². The van der Waals surface area contributed by atoms with E-state index >= 15 is 0 Å². The Bertz CT molecular complexity index is 900. The molecule has 0 amide bonds. The molecule has 0 atom stereocenters. The Morgan fingerprint density at radius 2 is 1.81 bits per heavy atom. The van der Waals surface area contributed by atoms with Gasteiger partial charge in [-0.25, -0.2) is 21.9 Å². The number of nitrogens with one attached hydrogen (secondary N) is 1. The molecule has 1 aromatic carbocycles. The average Bonchev–Trinajstić information content (AvgIpc) is 3.26. The molecule has 26 heavy (non-hydrogen) atoms. The van der Waals surface area contributed by atoms with E-state index in [9.17, 15) is 30.4 Å². The summed E-state index contributed by atoms with van der Waals surface area (Å²) in [5.41, 5.74) is -0.684. The molecule has 1 saturated carbocycles. The highest BCUT2D eigenvalue weighted by molar-refractivity contribution is 7.89. The lowest BCUT2D eigenvalue weighted by Gasteiger charge is -2.10. The predicted molar refractivity (Wildman–Crippen MR) is 80.8 cm³/mol. The van der Waals surface area contributed by atoms with Crippen LogP contribution in [0.25, 0.3) is 0 Å². The molecule has 1 aliphatic rings. The fourth-order valence-corrected chi connectivity index (χ4v) is 3.71. The second kappa shape index (κ2) is 6.62. The third-order valence-electron chi connectivity index (χ3n) is 3.90. The third kappa shape index (κ3) is 3.88. The van der Waals surface area contributed by atoms with E-state index in [-0.39, 0.29) is 19.0 Å². The van der Waals surface area contributed by atoms with Crippen LogP contribution in [0.4, 0.5) is 22.0 Å². The van der Waals surface area contributed by atoms with Crippen LogP contribution >= 0.6 is 0 Å².